The van der Waals surface area contributed by atoms with E-state index in [9.17, 15) is 4.79 Å². The fraction of sp³-hybridized carbons (Fsp3) is 0.350. The highest BCUT2D eigenvalue weighted by Gasteiger charge is 2.25. The van der Waals surface area contributed by atoms with Crippen molar-refractivity contribution < 1.29 is 14.8 Å². The van der Waals surface area contributed by atoms with Gasteiger partial charge < -0.3 is 15.4 Å². The number of hydrogen-bond acceptors (Lipinski definition) is 3. The Morgan fingerprint density at radius 2 is 2.04 bits per heavy atom. The number of thioether (sulfide) groups is 1. The zero-order chi connectivity index (χ0) is 17.6. The molecule has 0 aliphatic carbocycles. The van der Waals surface area contributed by atoms with Gasteiger partial charge in [0.05, 0.1) is 19.6 Å². The number of anilines is 1. The van der Waals surface area contributed by atoms with Gasteiger partial charge in [-0.2, -0.15) is 0 Å². The van der Waals surface area contributed by atoms with Gasteiger partial charge in [-0.25, -0.2) is 0 Å². The molecular weight excluding hydrogens is 332 g/mol. The first-order chi connectivity index (χ1) is 12.2. The summed E-state index contributed by atoms with van der Waals surface area (Å²) in [7, 11) is 1.63. The normalized spacial score (nSPS) is 17.4. The van der Waals surface area contributed by atoms with Gasteiger partial charge in [0.15, 0.2) is 0 Å². The van der Waals surface area contributed by atoms with Gasteiger partial charge in [0.2, 0.25) is 5.91 Å². The van der Waals surface area contributed by atoms with Crippen molar-refractivity contribution in [3.8, 4) is 5.75 Å². The SMILES string of the molecule is COc1ccc(NC(=O)C[C@@H](C)[NH2+][C@H]2CCSc3ccccc32)cc1. The molecule has 0 saturated carbocycles. The molecule has 0 radical (unpaired) electrons. The Bertz CT molecular complexity index is 718. The fourth-order valence-electron chi connectivity index (χ4n) is 3.21. The molecule has 2 aromatic rings. The van der Waals surface area contributed by atoms with Crippen LogP contribution in [0.1, 0.15) is 31.4 Å². The molecule has 4 nitrogen and oxygen atoms in total. The van der Waals surface area contributed by atoms with Crippen molar-refractivity contribution in [2.75, 3.05) is 18.2 Å². The summed E-state index contributed by atoms with van der Waals surface area (Å²) >= 11 is 1.93. The van der Waals surface area contributed by atoms with E-state index < -0.39 is 0 Å². The van der Waals surface area contributed by atoms with E-state index in [1.54, 1.807) is 7.11 Å². The zero-order valence-electron chi connectivity index (χ0n) is 14.7. The molecule has 3 rings (SSSR count). The molecule has 2 aromatic carbocycles. The Morgan fingerprint density at radius 1 is 1.28 bits per heavy atom. The van der Waals surface area contributed by atoms with E-state index >= 15 is 0 Å². The Hall–Kier alpha value is -1.98. The van der Waals surface area contributed by atoms with Crippen LogP contribution >= 0.6 is 11.8 Å². The van der Waals surface area contributed by atoms with Crippen LogP contribution in [0.3, 0.4) is 0 Å². The lowest BCUT2D eigenvalue weighted by Crippen LogP contribution is -2.90. The zero-order valence-corrected chi connectivity index (χ0v) is 15.5. The van der Waals surface area contributed by atoms with Crippen molar-refractivity contribution >= 4 is 23.4 Å². The van der Waals surface area contributed by atoms with Crippen molar-refractivity contribution in [2.45, 2.75) is 36.7 Å². The maximum Gasteiger partial charge on any atom is 0.230 e. The molecule has 0 saturated heterocycles. The second kappa shape index (κ2) is 8.41. The second-order valence-corrected chi connectivity index (χ2v) is 7.57. The quantitative estimate of drug-likeness (QED) is 0.835. The molecule has 0 bridgehead atoms. The van der Waals surface area contributed by atoms with E-state index in [2.05, 4.69) is 41.8 Å². The number of nitrogens with one attached hydrogen (secondary N) is 1. The summed E-state index contributed by atoms with van der Waals surface area (Å²) < 4.78 is 5.13. The first-order valence-electron chi connectivity index (χ1n) is 8.66. The molecule has 1 aliphatic rings. The average Bonchev–Trinajstić information content (AvgIpc) is 2.62. The lowest BCUT2D eigenvalue weighted by atomic mass is 10.0. The summed E-state index contributed by atoms with van der Waals surface area (Å²) in [4.78, 5) is 13.7. The van der Waals surface area contributed by atoms with Crippen molar-refractivity contribution in [1.29, 1.82) is 0 Å². The maximum atomic E-state index is 12.3. The number of carbonyl (C=O) groups is 1. The third kappa shape index (κ3) is 4.77. The lowest BCUT2D eigenvalue weighted by Gasteiger charge is -2.25. The number of fused-ring (bicyclic) bond motifs is 1. The smallest absolute Gasteiger partial charge is 0.230 e. The molecule has 1 aliphatic heterocycles. The molecule has 0 aromatic heterocycles. The number of quaternary nitrogens is 1. The van der Waals surface area contributed by atoms with E-state index in [-0.39, 0.29) is 11.9 Å². The van der Waals surface area contributed by atoms with Crippen LogP contribution < -0.4 is 15.4 Å². The van der Waals surface area contributed by atoms with Crippen molar-refractivity contribution in [3.63, 3.8) is 0 Å². The number of methoxy groups -OCH3 is 1. The summed E-state index contributed by atoms with van der Waals surface area (Å²) in [5.41, 5.74) is 2.21. The summed E-state index contributed by atoms with van der Waals surface area (Å²) in [5.74, 6) is 1.98. The first kappa shape index (κ1) is 17.8. The van der Waals surface area contributed by atoms with Crippen molar-refractivity contribution in [1.82, 2.24) is 0 Å². The van der Waals surface area contributed by atoms with Gasteiger partial charge in [-0.3, -0.25) is 4.79 Å². The summed E-state index contributed by atoms with van der Waals surface area (Å²) in [6.45, 7) is 2.12. The molecule has 132 valence electrons. The van der Waals surface area contributed by atoms with Gasteiger partial charge in [0.25, 0.3) is 0 Å². The van der Waals surface area contributed by atoms with Crippen LogP contribution in [0.4, 0.5) is 5.69 Å². The first-order valence-corrected chi connectivity index (χ1v) is 9.65. The van der Waals surface area contributed by atoms with Crippen molar-refractivity contribution in [2.24, 2.45) is 0 Å². The molecule has 2 atom stereocenters. The highest BCUT2D eigenvalue weighted by Crippen LogP contribution is 2.33. The van der Waals surface area contributed by atoms with Crippen LogP contribution in [0.2, 0.25) is 0 Å². The molecule has 25 heavy (non-hydrogen) atoms. The van der Waals surface area contributed by atoms with Crippen LogP contribution in [-0.4, -0.2) is 24.8 Å². The van der Waals surface area contributed by atoms with Crippen LogP contribution in [0, 0.1) is 0 Å². The Kier molecular flexibility index (Phi) is 6.00. The molecular formula is C20H25N2O2S+. The number of benzene rings is 2. The van der Waals surface area contributed by atoms with Crippen molar-refractivity contribution in [3.05, 3.63) is 54.1 Å². The Morgan fingerprint density at radius 3 is 2.80 bits per heavy atom. The summed E-state index contributed by atoms with van der Waals surface area (Å²) in [5, 5.41) is 5.30. The highest BCUT2D eigenvalue weighted by molar-refractivity contribution is 7.99. The molecule has 0 unspecified atom stereocenters. The average molecular weight is 357 g/mol. The second-order valence-electron chi connectivity index (χ2n) is 6.43. The Balaban J connectivity index is 1.53. The minimum Gasteiger partial charge on any atom is -0.497 e. The molecule has 5 heteroatoms. The predicted molar refractivity (Wildman–Crippen MR) is 102 cm³/mol. The lowest BCUT2D eigenvalue weighted by molar-refractivity contribution is -0.724. The van der Waals surface area contributed by atoms with E-state index in [1.807, 2.05) is 36.0 Å². The molecule has 1 amide bonds. The van der Waals surface area contributed by atoms with Gasteiger partial charge in [-0.1, -0.05) is 18.2 Å². The predicted octanol–water partition coefficient (Wildman–Crippen LogP) is 3.21. The monoisotopic (exact) mass is 357 g/mol. The highest BCUT2D eigenvalue weighted by atomic mass is 32.2. The van der Waals surface area contributed by atoms with Gasteiger partial charge in [0, 0.05) is 28.3 Å². The molecule has 3 N–H and O–H groups in total. The number of ether oxygens (including phenoxy) is 1. The number of carbonyl (C=O) groups excluding carboxylic acids is 1. The third-order valence-corrected chi connectivity index (χ3v) is 5.57. The summed E-state index contributed by atoms with van der Waals surface area (Å²) in [6, 6.07) is 16.7. The topological polar surface area (TPSA) is 54.9 Å². The minimum absolute atomic E-state index is 0.0485. The number of hydrogen-bond donors (Lipinski definition) is 2. The summed E-state index contributed by atoms with van der Waals surface area (Å²) in [6.07, 6.45) is 1.64. The van der Waals surface area contributed by atoms with E-state index in [0.29, 0.717) is 12.5 Å². The minimum atomic E-state index is 0.0485. The fourth-order valence-corrected chi connectivity index (χ4v) is 4.37. The van der Waals surface area contributed by atoms with Gasteiger partial charge >= 0.3 is 0 Å². The third-order valence-electron chi connectivity index (χ3n) is 4.45. The number of rotatable bonds is 6. The Labute approximate surface area is 153 Å². The molecule has 0 spiro atoms. The molecule has 0 fully saturated rings. The standard InChI is InChI=1S/C20H24N2O2S/c1-14(13-20(23)22-15-7-9-16(24-2)10-8-15)21-18-11-12-25-19-6-4-3-5-17(18)19/h3-10,14,18,21H,11-13H2,1-2H3,(H,22,23)/p+1/t14-,18+/m1/s1. The van der Waals surface area contributed by atoms with Gasteiger partial charge in [0.1, 0.15) is 11.8 Å². The van der Waals surface area contributed by atoms with E-state index in [4.69, 9.17) is 4.74 Å². The maximum absolute atomic E-state index is 12.3. The van der Waals surface area contributed by atoms with Crippen LogP contribution in [0.15, 0.2) is 53.4 Å². The van der Waals surface area contributed by atoms with Gasteiger partial charge in [-0.05, 0) is 37.3 Å². The van der Waals surface area contributed by atoms with Crippen LogP contribution in [0.25, 0.3) is 0 Å². The van der Waals surface area contributed by atoms with Gasteiger partial charge in [-0.15, -0.1) is 11.8 Å². The number of amides is 1. The largest absolute Gasteiger partial charge is 0.497 e. The van der Waals surface area contributed by atoms with E-state index in [1.165, 1.54) is 10.5 Å². The van der Waals surface area contributed by atoms with E-state index in [0.717, 1.165) is 23.6 Å². The molecule has 1 heterocycles. The van der Waals surface area contributed by atoms with Crippen LogP contribution in [-0.2, 0) is 4.79 Å². The van der Waals surface area contributed by atoms with Crippen LogP contribution in [0.5, 0.6) is 5.75 Å². The number of nitrogens with two attached hydrogens (primary N) is 1.